The van der Waals surface area contributed by atoms with E-state index in [0.717, 1.165) is 11.3 Å². The van der Waals surface area contributed by atoms with Crippen molar-refractivity contribution in [3.8, 4) is 5.75 Å². The Labute approximate surface area is 146 Å². The van der Waals surface area contributed by atoms with Crippen molar-refractivity contribution >= 4 is 23.2 Å². The molecule has 0 unspecified atom stereocenters. The summed E-state index contributed by atoms with van der Waals surface area (Å²) >= 11 is 0. The Bertz CT molecular complexity index is 762. The summed E-state index contributed by atoms with van der Waals surface area (Å²) in [5, 5.41) is 5.09. The molecule has 0 heterocycles. The number of hydrogen-bond donors (Lipinski definition) is 2. The van der Waals surface area contributed by atoms with Gasteiger partial charge in [0.05, 0.1) is 12.3 Å². The maximum atomic E-state index is 13.6. The van der Waals surface area contributed by atoms with Gasteiger partial charge in [-0.3, -0.25) is 9.59 Å². The first-order chi connectivity index (χ1) is 12.0. The van der Waals surface area contributed by atoms with Crippen LogP contribution in [0.3, 0.4) is 0 Å². The van der Waals surface area contributed by atoms with Gasteiger partial charge in [0, 0.05) is 19.0 Å². The summed E-state index contributed by atoms with van der Waals surface area (Å²) in [5.74, 6) is -0.368. The predicted octanol–water partition coefficient (Wildman–Crippen LogP) is 3.75. The van der Waals surface area contributed by atoms with Crippen LogP contribution >= 0.6 is 0 Å². The van der Waals surface area contributed by atoms with E-state index in [1.807, 2.05) is 31.2 Å². The van der Waals surface area contributed by atoms with E-state index in [4.69, 9.17) is 4.74 Å². The Hall–Kier alpha value is -2.89. The van der Waals surface area contributed by atoms with Gasteiger partial charge >= 0.3 is 0 Å². The molecule has 2 N–H and O–H groups in total. The van der Waals surface area contributed by atoms with E-state index in [-0.39, 0.29) is 23.9 Å². The van der Waals surface area contributed by atoms with Gasteiger partial charge in [0.1, 0.15) is 11.6 Å². The van der Waals surface area contributed by atoms with Crippen molar-refractivity contribution in [3.05, 3.63) is 53.8 Å². The molecular weight excluding hydrogens is 323 g/mol. The molecule has 0 aromatic heterocycles. The molecule has 5 nitrogen and oxygen atoms in total. The standard InChI is InChI=1S/C19H21FN2O3/c1-3-25-18-7-5-4-6-14(18)8-11-19(24)22-15-9-10-16(20)17(12-15)21-13(2)23/h4-7,9-10,12H,3,8,11H2,1-2H3,(H,21,23)(H,22,24). The van der Waals surface area contributed by atoms with Crippen LogP contribution in [-0.2, 0) is 16.0 Å². The summed E-state index contributed by atoms with van der Waals surface area (Å²) in [5.41, 5.74) is 1.41. The lowest BCUT2D eigenvalue weighted by Gasteiger charge is -2.11. The molecule has 0 bridgehead atoms. The number of amides is 2. The highest BCUT2D eigenvalue weighted by atomic mass is 19.1. The number of benzene rings is 2. The highest BCUT2D eigenvalue weighted by molar-refractivity contribution is 5.93. The lowest BCUT2D eigenvalue weighted by atomic mass is 10.1. The maximum Gasteiger partial charge on any atom is 0.224 e. The quantitative estimate of drug-likeness (QED) is 0.804. The third-order valence-electron chi connectivity index (χ3n) is 3.45. The van der Waals surface area contributed by atoms with Crippen LogP contribution < -0.4 is 15.4 Å². The summed E-state index contributed by atoms with van der Waals surface area (Å²) in [7, 11) is 0. The van der Waals surface area contributed by atoms with Crippen molar-refractivity contribution in [3.63, 3.8) is 0 Å². The Kier molecular flexibility index (Phi) is 6.51. The molecule has 25 heavy (non-hydrogen) atoms. The number of rotatable bonds is 7. The maximum absolute atomic E-state index is 13.6. The third-order valence-corrected chi connectivity index (χ3v) is 3.45. The molecule has 132 valence electrons. The SMILES string of the molecule is CCOc1ccccc1CCC(=O)Nc1ccc(F)c(NC(C)=O)c1. The fourth-order valence-corrected chi connectivity index (χ4v) is 2.37. The van der Waals surface area contributed by atoms with Gasteiger partial charge in [-0.25, -0.2) is 4.39 Å². The lowest BCUT2D eigenvalue weighted by molar-refractivity contribution is -0.116. The third kappa shape index (κ3) is 5.60. The summed E-state index contributed by atoms with van der Waals surface area (Å²) in [6.45, 7) is 3.76. The number of para-hydroxylation sites is 1. The van der Waals surface area contributed by atoms with Crippen molar-refractivity contribution in [2.75, 3.05) is 17.2 Å². The van der Waals surface area contributed by atoms with Crippen LogP contribution in [0.2, 0.25) is 0 Å². The van der Waals surface area contributed by atoms with E-state index in [0.29, 0.717) is 18.7 Å². The van der Waals surface area contributed by atoms with Gasteiger partial charge in [-0.05, 0) is 43.2 Å². The highest BCUT2D eigenvalue weighted by Gasteiger charge is 2.09. The van der Waals surface area contributed by atoms with Crippen LogP contribution in [-0.4, -0.2) is 18.4 Å². The Morgan fingerprint density at radius 3 is 2.60 bits per heavy atom. The molecule has 0 fully saturated rings. The van der Waals surface area contributed by atoms with Gasteiger partial charge in [-0.2, -0.15) is 0 Å². The van der Waals surface area contributed by atoms with Gasteiger partial charge < -0.3 is 15.4 Å². The number of nitrogens with one attached hydrogen (secondary N) is 2. The molecule has 6 heteroatoms. The van der Waals surface area contributed by atoms with Crippen LogP contribution in [0.25, 0.3) is 0 Å². The summed E-state index contributed by atoms with van der Waals surface area (Å²) in [4.78, 5) is 23.2. The van der Waals surface area contributed by atoms with Crippen molar-refractivity contribution in [2.45, 2.75) is 26.7 Å². The Balaban J connectivity index is 1.98. The zero-order chi connectivity index (χ0) is 18.2. The molecule has 0 atom stereocenters. The number of anilines is 2. The smallest absolute Gasteiger partial charge is 0.224 e. The minimum absolute atomic E-state index is 0.0343. The normalized spacial score (nSPS) is 10.2. The highest BCUT2D eigenvalue weighted by Crippen LogP contribution is 2.21. The minimum atomic E-state index is -0.557. The molecule has 0 aliphatic heterocycles. The number of aryl methyl sites for hydroxylation is 1. The molecular formula is C19H21FN2O3. The Morgan fingerprint density at radius 2 is 1.88 bits per heavy atom. The number of carbonyl (C=O) groups excluding carboxylic acids is 2. The fraction of sp³-hybridized carbons (Fsp3) is 0.263. The molecule has 2 amide bonds. The average Bonchev–Trinajstić information content (AvgIpc) is 2.57. The molecule has 0 aliphatic rings. The molecule has 0 saturated carbocycles. The molecule has 0 saturated heterocycles. The van der Waals surface area contributed by atoms with Crippen LogP contribution in [0.5, 0.6) is 5.75 Å². The number of halogens is 1. The van der Waals surface area contributed by atoms with E-state index in [9.17, 15) is 14.0 Å². The minimum Gasteiger partial charge on any atom is -0.494 e. The van der Waals surface area contributed by atoms with Gasteiger partial charge in [0.2, 0.25) is 11.8 Å². The zero-order valence-electron chi connectivity index (χ0n) is 14.3. The largest absolute Gasteiger partial charge is 0.494 e. The van der Waals surface area contributed by atoms with Crippen LogP contribution in [0, 0.1) is 5.82 Å². The lowest BCUT2D eigenvalue weighted by Crippen LogP contribution is -2.14. The monoisotopic (exact) mass is 344 g/mol. The molecule has 0 spiro atoms. The summed E-state index contributed by atoms with van der Waals surface area (Å²) in [6, 6.07) is 11.6. The fourth-order valence-electron chi connectivity index (χ4n) is 2.37. The van der Waals surface area contributed by atoms with Gasteiger partial charge in [-0.1, -0.05) is 18.2 Å². The second-order valence-corrected chi connectivity index (χ2v) is 5.46. The Morgan fingerprint density at radius 1 is 1.12 bits per heavy atom. The molecule has 0 aliphatic carbocycles. The first kappa shape index (κ1) is 18.4. The van der Waals surface area contributed by atoms with Gasteiger partial charge in [0.15, 0.2) is 0 Å². The molecule has 2 rings (SSSR count). The van der Waals surface area contributed by atoms with Crippen LogP contribution in [0.1, 0.15) is 25.8 Å². The van der Waals surface area contributed by atoms with E-state index in [1.165, 1.54) is 25.1 Å². The second kappa shape index (κ2) is 8.82. The van der Waals surface area contributed by atoms with E-state index in [1.54, 1.807) is 0 Å². The number of hydrogen-bond acceptors (Lipinski definition) is 3. The first-order valence-corrected chi connectivity index (χ1v) is 8.07. The first-order valence-electron chi connectivity index (χ1n) is 8.07. The predicted molar refractivity (Wildman–Crippen MR) is 95.3 cm³/mol. The molecule has 0 radical (unpaired) electrons. The van der Waals surface area contributed by atoms with Gasteiger partial charge in [-0.15, -0.1) is 0 Å². The second-order valence-electron chi connectivity index (χ2n) is 5.46. The van der Waals surface area contributed by atoms with Crippen molar-refractivity contribution < 1.29 is 18.7 Å². The van der Waals surface area contributed by atoms with Crippen molar-refractivity contribution in [1.29, 1.82) is 0 Å². The van der Waals surface area contributed by atoms with Crippen LogP contribution in [0.15, 0.2) is 42.5 Å². The molecule has 2 aromatic carbocycles. The summed E-state index contributed by atoms with van der Waals surface area (Å²) < 4.78 is 19.2. The number of carbonyl (C=O) groups is 2. The number of ether oxygens (including phenoxy) is 1. The average molecular weight is 344 g/mol. The van der Waals surface area contributed by atoms with Crippen LogP contribution in [0.4, 0.5) is 15.8 Å². The van der Waals surface area contributed by atoms with Crippen molar-refractivity contribution in [2.24, 2.45) is 0 Å². The van der Waals surface area contributed by atoms with E-state index in [2.05, 4.69) is 10.6 Å². The molecule has 2 aromatic rings. The summed E-state index contributed by atoms with van der Waals surface area (Å²) in [6.07, 6.45) is 0.790. The van der Waals surface area contributed by atoms with E-state index < -0.39 is 5.82 Å². The topological polar surface area (TPSA) is 67.4 Å². The van der Waals surface area contributed by atoms with Gasteiger partial charge in [0.25, 0.3) is 0 Å². The zero-order valence-corrected chi connectivity index (χ0v) is 14.3. The van der Waals surface area contributed by atoms with E-state index >= 15 is 0 Å². The van der Waals surface area contributed by atoms with Crippen molar-refractivity contribution in [1.82, 2.24) is 0 Å².